The van der Waals surface area contributed by atoms with Crippen molar-refractivity contribution < 1.29 is 9.94 Å². The molecule has 0 spiro atoms. The lowest BCUT2D eigenvalue weighted by molar-refractivity contribution is 0.318. The molecule has 2 rings (SSSR count). The number of nitrogens with two attached hydrogens (primary N) is 1. The van der Waals surface area contributed by atoms with Gasteiger partial charge in [0, 0.05) is 10.0 Å². The third-order valence-corrected chi connectivity index (χ3v) is 3.86. The van der Waals surface area contributed by atoms with E-state index in [1.54, 1.807) is 30.3 Å². The fourth-order valence-corrected chi connectivity index (χ4v) is 2.65. The van der Waals surface area contributed by atoms with Gasteiger partial charge in [0.2, 0.25) is 0 Å². The summed E-state index contributed by atoms with van der Waals surface area (Å²) >= 11 is 12.8. The molecular weight excluding hydrogens is 411 g/mol. The molecule has 0 heterocycles. The molecule has 2 aromatic carbocycles. The zero-order valence-electron chi connectivity index (χ0n) is 9.98. The average Bonchev–Trinajstić information content (AvgIpc) is 2.42. The van der Waals surface area contributed by atoms with Crippen LogP contribution in [0.3, 0.4) is 0 Å². The third-order valence-electron chi connectivity index (χ3n) is 2.45. The van der Waals surface area contributed by atoms with Crippen molar-refractivity contribution >= 4 is 49.3 Å². The number of hydrogen-bond acceptors (Lipinski definition) is 3. The molecule has 2 aromatic rings. The maximum atomic E-state index is 8.64. The smallest absolute Gasteiger partial charge is 0.170 e. The van der Waals surface area contributed by atoms with Crippen LogP contribution < -0.4 is 10.5 Å². The summed E-state index contributed by atoms with van der Waals surface area (Å²) in [5.41, 5.74) is 6.10. The predicted octanol–water partition coefficient (Wildman–Crippen LogP) is 4.75. The molecule has 0 saturated carbocycles. The van der Waals surface area contributed by atoms with Crippen LogP contribution in [0.15, 0.2) is 50.5 Å². The van der Waals surface area contributed by atoms with Crippen LogP contribution in [-0.2, 0) is 0 Å². The molecular formula is C13H9Br2ClN2O2. The first-order chi connectivity index (χ1) is 9.51. The van der Waals surface area contributed by atoms with Gasteiger partial charge in [-0.1, -0.05) is 32.7 Å². The van der Waals surface area contributed by atoms with Crippen LogP contribution in [0.25, 0.3) is 0 Å². The lowest BCUT2D eigenvalue weighted by Crippen LogP contribution is -2.12. The van der Waals surface area contributed by atoms with E-state index in [1.165, 1.54) is 0 Å². The fourth-order valence-electron chi connectivity index (χ4n) is 1.48. The van der Waals surface area contributed by atoms with E-state index in [-0.39, 0.29) is 5.84 Å². The number of hydrogen-bond donors (Lipinski definition) is 2. The Morgan fingerprint density at radius 3 is 2.45 bits per heavy atom. The molecule has 0 bridgehead atoms. The Labute approximate surface area is 137 Å². The SMILES string of the molecule is N/C(=N/O)c1ccc(Oc2ccc(Br)cc2Cl)c(Br)c1. The first-order valence-electron chi connectivity index (χ1n) is 5.41. The van der Waals surface area contributed by atoms with Crippen molar-refractivity contribution in [1.29, 1.82) is 0 Å². The number of rotatable bonds is 3. The molecule has 20 heavy (non-hydrogen) atoms. The zero-order valence-corrected chi connectivity index (χ0v) is 13.9. The quantitative estimate of drug-likeness (QED) is 0.326. The van der Waals surface area contributed by atoms with Gasteiger partial charge in [0.15, 0.2) is 5.84 Å². The van der Waals surface area contributed by atoms with E-state index in [4.69, 9.17) is 27.3 Å². The summed E-state index contributed by atoms with van der Waals surface area (Å²) in [6.45, 7) is 0. The molecule has 0 amide bonds. The Bertz CT molecular complexity index is 677. The first-order valence-corrected chi connectivity index (χ1v) is 7.38. The van der Waals surface area contributed by atoms with Crippen molar-refractivity contribution in [3.05, 3.63) is 55.9 Å². The van der Waals surface area contributed by atoms with E-state index < -0.39 is 0 Å². The molecule has 0 aliphatic carbocycles. The molecule has 0 atom stereocenters. The molecule has 0 aliphatic rings. The van der Waals surface area contributed by atoms with E-state index in [9.17, 15) is 0 Å². The highest BCUT2D eigenvalue weighted by Gasteiger charge is 2.09. The summed E-state index contributed by atoms with van der Waals surface area (Å²) in [5, 5.41) is 12.1. The molecule has 4 nitrogen and oxygen atoms in total. The Balaban J connectivity index is 2.30. The van der Waals surface area contributed by atoms with Gasteiger partial charge in [-0.25, -0.2) is 0 Å². The number of nitrogens with zero attached hydrogens (tertiary/aromatic N) is 1. The van der Waals surface area contributed by atoms with Gasteiger partial charge >= 0.3 is 0 Å². The highest BCUT2D eigenvalue weighted by molar-refractivity contribution is 9.10. The van der Waals surface area contributed by atoms with Gasteiger partial charge in [-0.2, -0.15) is 0 Å². The molecule has 0 fully saturated rings. The van der Waals surface area contributed by atoms with E-state index >= 15 is 0 Å². The van der Waals surface area contributed by atoms with Crippen LogP contribution >= 0.6 is 43.5 Å². The zero-order chi connectivity index (χ0) is 14.7. The summed E-state index contributed by atoms with van der Waals surface area (Å²) < 4.78 is 7.26. The van der Waals surface area contributed by atoms with Crippen molar-refractivity contribution in [2.45, 2.75) is 0 Å². The van der Waals surface area contributed by atoms with Crippen LogP contribution in [0.2, 0.25) is 5.02 Å². The summed E-state index contributed by atoms with van der Waals surface area (Å²) in [6, 6.07) is 10.4. The fraction of sp³-hybridized carbons (Fsp3) is 0. The van der Waals surface area contributed by atoms with Crippen LogP contribution in [0.5, 0.6) is 11.5 Å². The summed E-state index contributed by atoms with van der Waals surface area (Å²) in [6.07, 6.45) is 0. The van der Waals surface area contributed by atoms with Crippen molar-refractivity contribution in [3.8, 4) is 11.5 Å². The van der Waals surface area contributed by atoms with Gasteiger partial charge in [-0.05, 0) is 52.3 Å². The summed E-state index contributed by atoms with van der Waals surface area (Å²) in [4.78, 5) is 0. The van der Waals surface area contributed by atoms with E-state index in [1.807, 2.05) is 6.07 Å². The van der Waals surface area contributed by atoms with Crippen molar-refractivity contribution in [1.82, 2.24) is 0 Å². The lowest BCUT2D eigenvalue weighted by Gasteiger charge is -2.10. The van der Waals surface area contributed by atoms with Crippen molar-refractivity contribution in [2.24, 2.45) is 10.9 Å². The van der Waals surface area contributed by atoms with Crippen LogP contribution in [0.1, 0.15) is 5.56 Å². The number of ether oxygens (including phenoxy) is 1. The van der Waals surface area contributed by atoms with E-state index in [0.29, 0.717) is 26.6 Å². The predicted molar refractivity (Wildman–Crippen MR) is 85.9 cm³/mol. The lowest BCUT2D eigenvalue weighted by atomic mass is 10.2. The Hall–Kier alpha value is -1.24. The Morgan fingerprint density at radius 2 is 1.85 bits per heavy atom. The molecule has 0 unspecified atom stereocenters. The topological polar surface area (TPSA) is 67.8 Å². The normalized spacial score (nSPS) is 11.4. The number of oxime groups is 1. The molecule has 0 radical (unpaired) electrons. The monoisotopic (exact) mass is 418 g/mol. The van der Waals surface area contributed by atoms with E-state index in [0.717, 1.165) is 4.47 Å². The van der Waals surface area contributed by atoms with Crippen molar-refractivity contribution in [3.63, 3.8) is 0 Å². The summed E-state index contributed by atoms with van der Waals surface area (Å²) in [5.74, 6) is 1.13. The Morgan fingerprint density at radius 1 is 1.15 bits per heavy atom. The minimum Gasteiger partial charge on any atom is -0.455 e. The molecule has 0 aliphatic heterocycles. The van der Waals surface area contributed by atoms with Gasteiger partial charge in [0.1, 0.15) is 11.5 Å². The highest BCUT2D eigenvalue weighted by Crippen LogP contribution is 2.35. The van der Waals surface area contributed by atoms with Crippen LogP contribution in [0, 0.1) is 0 Å². The van der Waals surface area contributed by atoms with Gasteiger partial charge in [0.05, 0.1) is 9.50 Å². The molecule has 3 N–H and O–H groups in total. The standard InChI is InChI=1S/C13H9Br2ClN2O2/c14-8-2-4-12(10(16)6-8)20-11-3-1-7(5-9(11)15)13(17)18-19/h1-6,19H,(H2,17,18). The minimum absolute atomic E-state index is 0.0268. The molecule has 7 heteroatoms. The average molecular weight is 420 g/mol. The second kappa shape index (κ2) is 6.47. The van der Waals surface area contributed by atoms with Gasteiger partial charge in [-0.3, -0.25) is 0 Å². The summed E-state index contributed by atoms with van der Waals surface area (Å²) in [7, 11) is 0. The molecule has 104 valence electrons. The largest absolute Gasteiger partial charge is 0.455 e. The second-order valence-electron chi connectivity index (χ2n) is 3.81. The maximum absolute atomic E-state index is 8.64. The van der Waals surface area contributed by atoms with Crippen molar-refractivity contribution in [2.75, 3.05) is 0 Å². The third kappa shape index (κ3) is 3.45. The van der Waals surface area contributed by atoms with Crippen LogP contribution in [-0.4, -0.2) is 11.0 Å². The van der Waals surface area contributed by atoms with E-state index in [2.05, 4.69) is 37.0 Å². The molecule has 0 aromatic heterocycles. The maximum Gasteiger partial charge on any atom is 0.170 e. The van der Waals surface area contributed by atoms with Gasteiger partial charge in [-0.15, -0.1) is 0 Å². The second-order valence-corrected chi connectivity index (χ2v) is 5.98. The Kier molecular flexibility index (Phi) is 4.91. The number of amidine groups is 1. The number of halogens is 3. The minimum atomic E-state index is 0.0268. The van der Waals surface area contributed by atoms with Gasteiger partial charge in [0.25, 0.3) is 0 Å². The molecule has 0 saturated heterocycles. The van der Waals surface area contributed by atoms with Gasteiger partial charge < -0.3 is 15.7 Å². The highest BCUT2D eigenvalue weighted by atomic mass is 79.9. The van der Waals surface area contributed by atoms with Crippen LogP contribution in [0.4, 0.5) is 0 Å². The number of benzene rings is 2. The first kappa shape index (κ1) is 15.2.